The van der Waals surface area contributed by atoms with Gasteiger partial charge in [-0.3, -0.25) is 4.79 Å². The van der Waals surface area contributed by atoms with E-state index in [0.717, 1.165) is 17.1 Å². The van der Waals surface area contributed by atoms with Crippen LogP contribution in [0.25, 0.3) is 0 Å². The van der Waals surface area contributed by atoms with Gasteiger partial charge in [-0.15, -0.1) is 0 Å². The molecule has 0 radical (unpaired) electrons. The molecule has 0 aromatic heterocycles. The first-order valence-corrected chi connectivity index (χ1v) is 6.11. The second-order valence-electron chi connectivity index (χ2n) is 4.89. The van der Waals surface area contributed by atoms with E-state index in [1.165, 1.54) is 0 Å². The van der Waals surface area contributed by atoms with Crippen molar-refractivity contribution in [3.8, 4) is 11.5 Å². The number of nitrogens with one attached hydrogen (secondary N) is 1. The number of carbonyl (C=O) groups excluding carboxylic acids is 1. The van der Waals surface area contributed by atoms with Gasteiger partial charge >= 0.3 is 0 Å². The first kappa shape index (κ1) is 11.2. The van der Waals surface area contributed by atoms with Crippen LogP contribution in [-0.4, -0.2) is 24.8 Å². The molecule has 0 fully saturated rings. The summed E-state index contributed by atoms with van der Waals surface area (Å²) in [5.74, 6) is 1.51. The monoisotopic (exact) mass is 248 g/mol. The van der Waals surface area contributed by atoms with Gasteiger partial charge in [0.2, 0.25) is 12.7 Å². The lowest BCUT2D eigenvalue weighted by atomic mass is 10.1. The predicted octanol–water partition coefficient (Wildman–Crippen LogP) is 1.97. The van der Waals surface area contributed by atoms with Crippen molar-refractivity contribution >= 4 is 17.3 Å². The summed E-state index contributed by atoms with van der Waals surface area (Å²) in [4.78, 5) is 14.0. The van der Waals surface area contributed by atoms with Crippen LogP contribution in [0.1, 0.15) is 20.8 Å². The summed E-state index contributed by atoms with van der Waals surface area (Å²) in [6.07, 6.45) is 0. The lowest BCUT2D eigenvalue weighted by molar-refractivity contribution is -0.119. The molecule has 5 heteroatoms. The molecule has 1 aromatic rings. The topological polar surface area (TPSA) is 50.8 Å². The molecule has 0 aliphatic carbocycles. The highest BCUT2D eigenvalue weighted by atomic mass is 16.7. The highest BCUT2D eigenvalue weighted by Gasteiger charge is 2.33. The second-order valence-corrected chi connectivity index (χ2v) is 4.89. The summed E-state index contributed by atoms with van der Waals surface area (Å²) in [5, 5.41) is 3.20. The molecule has 5 nitrogen and oxygen atoms in total. The third-order valence-electron chi connectivity index (χ3n) is 3.25. The molecule has 0 bridgehead atoms. The minimum Gasteiger partial charge on any atom is -0.454 e. The van der Waals surface area contributed by atoms with Crippen LogP contribution < -0.4 is 19.7 Å². The molecular formula is C13H16N2O3. The molecule has 1 aromatic carbocycles. The molecule has 0 saturated carbocycles. The molecule has 2 heterocycles. The smallest absolute Gasteiger partial charge is 0.249 e. The number of benzene rings is 1. The largest absolute Gasteiger partial charge is 0.454 e. The van der Waals surface area contributed by atoms with Gasteiger partial charge in [0.1, 0.15) is 6.04 Å². The Kier molecular flexibility index (Phi) is 2.36. The molecule has 1 N–H and O–H groups in total. The van der Waals surface area contributed by atoms with Crippen molar-refractivity contribution in [2.24, 2.45) is 0 Å². The van der Waals surface area contributed by atoms with Crippen LogP contribution in [0.15, 0.2) is 12.1 Å². The van der Waals surface area contributed by atoms with E-state index in [9.17, 15) is 4.79 Å². The Labute approximate surface area is 106 Å². The van der Waals surface area contributed by atoms with Crippen LogP contribution >= 0.6 is 0 Å². The number of fused-ring (bicyclic) bond motifs is 2. The Morgan fingerprint density at radius 3 is 2.67 bits per heavy atom. The Morgan fingerprint density at radius 1 is 1.33 bits per heavy atom. The molecule has 18 heavy (non-hydrogen) atoms. The first-order chi connectivity index (χ1) is 8.58. The number of rotatable bonds is 1. The summed E-state index contributed by atoms with van der Waals surface area (Å²) in [5.41, 5.74) is 1.78. The van der Waals surface area contributed by atoms with Gasteiger partial charge in [-0.25, -0.2) is 0 Å². The molecule has 1 unspecified atom stereocenters. The first-order valence-electron chi connectivity index (χ1n) is 6.11. The van der Waals surface area contributed by atoms with Crippen molar-refractivity contribution in [1.29, 1.82) is 0 Å². The summed E-state index contributed by atoms with van der Waals surface area (Å²) in [7, 11) is 0. The standard InChI is InChI=1S/C13H16N2O3/c1-7(2)15-10-5-12-11(17-6-18-12)4-9(10)14-8(3)13(15)16/h4-5,7-8,14H,6H2,1-3H3. The Hall–Kier alpha value is -1.91. The zero-order chi connectivity index (χ0) is 12.9. The number of hydrogen-bond donors (Lipinski definition) is 1. The third kappa shape index (κ3) is 1.50. The molecule has 1 atom stereocenters. The van der Waals surface area contributed by atoms with Crippen LogP contribution in [0.3, 0.4) is 0 Å². The molecule has 0 spiro atoms. The van der Waals surface area contributed by atoms with Crippen LogP contribution in [0.5, 0.6) is 11.5 Å². The quantitative estimate of drug-likeness (QED) is 0.825. The van der Waals surface area contributed by atoms with Crippen molar-refractivity contribution in [1.82, 2.24) is 0 Å². The van der Waals surface area contributed by atoms with Gasteiger partial charge in [-0.2, -0.15) is 0 Å². The van der Waals surface area contributed by atoms with E-state index < -0.39 is 0 Å². The predicted molar refractivity (Wildman–Crippen MR) is 68.3 cm³/mol. The van der Waals surface area contributed by atoms with Crippen molar-refractivity contribution in [3.63, 3.8) is 0 Å². The lowest BCUT2D eigenvalue weighted by Crippen LogP contribution is -2.48. The average Bonchev–Trinajstić information content (AvgIpc) is 2.74. The van der Waals surface area contributed by atoms with Gasteiger partial charge in [-0.1, -0.05) is 0 Å². The van der Waals surface area contributed by atoms with Crippen molar-refractivity contribution < 1.29 is 14.3 Å². The van der Waals surface area contributed by atoms with Crippen molar-refractivity contribution in [2.75, 3.05) is 17.0 Å². The van der Waals surface area contributed by atoms with E-state index in [1.807, 2.05) is 32.9 Å². The van der Waals surface area contributed by atoms with E-state index in [2.05, 4.69) is 5.32 Å². The molecule has 2 aliphatic rings. The van der Waals surface area contributed by atoms with E-state index in [-0.39, 0.29) is 24.8 Å². The van der Waals surface area contributed by atoms with Crippen molar-refractivity contribution in [2.45, 2.75) is 32.9 Å². The zero-order valence-electron chi connectivity index (χ0n) is 10.7. The lowest BCUT2D eigenvalue weighted by Gasteiger charge is -2.36. The number of ether oxygens (including phenoxy) is 2. The van der Waals surface area contributed by atoms with Crippen LogP contribution in [0.4, 0.5) is 11.4 Å². The second kappa shape index (κ2) is 3.80. The molecule has 2 aliphatic heterocycles. The van der Waals surface area contributed by atoms with Crippen LogP contribution in [0, 0.1) is 0 Å². The summed E-state index contributed by atoms with van der Waals surface area (Å²) < 4.78 is 10.7. The molecular weight excluding hydrogens is 232 g/mol. The molecule has 0 saturated heterocycles. The summed E-state index contributed by atoms with van der Waals surface area (Å²) in [6, 6.07) is 3.66. The van der Waals surface area contributed by atoms with Gasteiger partial charge in [-0.05, 0) is 20.8 Å². The van der Waals surface area contributed by atoms with E-state index in [4.69, 9.17) is 9.47 Å². The number of anilines is 2. The zero-order valence-corrected chi connectivity index (χ0v) is 10.7. The maximum Gasteiger partial charge on any atom is 0.249 e. The van der Waals surface area contributed by atoms with E-state index in [1.54, 1.807) is 4.90 Å². The van der Waals surface area contributed by atoms with Gasteiger partial charge in [0, 0.05) is 18.2 Å². The Bertz CT molecular complexity index is 513. The fourth-order valence-electron chi connectivity index (χ4n) is 2.40. The minimum atomic E-state index is -0.222. The van der Waals surface area contributed by atoms with Gasteiger partial charge < -0.3 is 19.7 Å². The van der Waals surface area contributed by atoms with Crippen LogP contribution in [0.2, 0.25) is 0 Å². The SMILES string of the molecule is CC1Nc2cc3c(cc2N(C(C)C)C1=O)OCO3. The summed E-state index contributed by atoms with van der Waals surface area (Å²) in [6.45, 7) is 6.11. The maximum atomic E-state index is 12.2. The van der Waals surface area contributed by atoms with Gasteiger partial charge in [0.25, 0.3) is 0 Å². The fraction of sp³-hybridized carbons (Fsp3) is 0.462. The van der Waals surface area contributed by atoms with Crippen LogP contribution in [-0.2, 0) is 4.79 Å². The fourth-order valence-corrected chi connectivity index (χ4v) is 2.40. The Morgan fingerprint density at radius 2 is 2.00 bits per heavy atom. The number of amides is 1. The normalized spacial score (nSPS) is 21.0. The number of nitrogens with zero attached hydrogens (tertiary/aromatic N) is 1. The number of carbonyl (C=O) groups is 1. The van der Waals surface area contributed by atoms with E-state index >= 15 is 0 Å². The molecule has 3 rings (SSSR count). The van der Waals surface area contributed by atoms with Gasteiger partial charge in [0.05, 0.1) is 11.4 Å². The number of hydrogen-bond acceptors (Lipinski definition) is 4. The molecule has 1 amide bonds. The average molecular weight is 248 g/mol. The maximum absolute atomic E-state index is 12.2. The highest BCUT2D eigenvalue weighted by molar-refractivity contribution is 6.05. The van der Waals surface area contributed by atoms with Gasteiger partial charge in [0.15, 0.2) is 11.5 Å². The Balaban J connectivity index is 2.13. The molecule has 96 valence electrons. The van der Waals surface area contributed by atoms with E-state index in [0.29, 0.717) is 5.75 Å². The third-order valence-corrected chi connectivity index (χ3v) is 3.25. The minimum absolute atomic E-state index is 0.0800. The summed E-state index contributed by atoms with van der Waals surface area (Å²) >= 11 is 0. The van der Waals surface area contributed by atoms with Crippen molar-refractivity contribution in [3.05, 3.63) is 12.1 Å². The highest BCUT2D eigenvalue weighted by Crippen LogP contribution is 2.43.